The Kier molecular flexibility index (Phi) is 4.58. The molecule has 104 valence electrons. The highest BCUT2D eigenvalue weighted by Gasteiger charge is 2.24. The van der Waals surface area contributed by atoms with Crippen molar-refractivity contribution in [2.24, 2.45) is 11.1 Å². The molecule has 3 heteroatoms. The molecule has 1 aliphatic rings. The standard InChI is InChI=1S/C16H23NOS/c1-16(2,15(17)19)10-11-18-14-9-5-7-12-6-3-4-8-13(12)14/h3-4,6,8,14H,5,7,9-11H2,1-2H3,(H2,17,19). The van der Waals surface area contributed by atoms with E-state index in [0.29, 0.717) is 11.6 Å². The lowest BCUT2D eigenvalue weighted by Crippen LogP contribution is -2.31. The van der Waals surface area contributed by atoms with Gasteiger partial charge in [0.15, 0.2) is 0 Å². The number of nitrogens with two attached hydrogens (primary N) is 1. The SMILES string of the molecule is CC(C)(CCOC1CCCc2ccccc21)C(N)=S. The Morgan fingerprint density at radius 3 is 2.89 bits per heavy atom. The van der Waals surface area contributed by atoms with Crippen molar-refractivity contribution in [3.8, 4) is 0 Å². The minimum atomic E-state index is -0.122. The largest absolute Gasteiger partial charge is 0.393 e. The van der Waals surface area contributed by atoms with Crippen molar-refractivity contribution in [2.45, 2.75) is 45.6 Å². The van der Waals surface area contributed by atoms with Gasteiger partial charge in [0.25, 0.3) is 0 Å². The van der Waals surface area contributed by atoms with Gasteiger partial charge in [0, 0.05) is 12.0 Å². The van der Waals surface area contributed by atoms with E-state index in [9.17, 15) is 0 Å². The highest BCUT2D eigenvalue weighted by Crippen LogP contribution is 2.33. The monoisotopic (exact) mass is 277 g/mol. The Labute approximate surface area is 121 Å². The third-order valence-corrected chi connectivity index (χ3v) is 4.58. The van der Waals surface area contributed by atoms with Crippen LogP contribution in [-0.2, 0) is 11.2 Å². The molecular formula is C16H23NOS. The summed E-state index contributed by atoms with van der Waals surface area (Å²) in [6.07, 6.45) is 4.62. The second-order valence-corrected chi connectivity index (χ2v) is 6.39. The summed E-state index contributed by atoms with van der Waals surface area (Å²) in [7, 11) is 0. The molecule has 0 aliphatic heterocycles. The molecule has 0 spiro atoms. The molecule has 0 bridgehead atoms. The third-order valence-electron chi connectivity index (χ3n) is 4.03. The molecule has 0 saturated heterocycles. The third kappa shape index (κ3) is 3.54. The highest BCUT2D eigenvalue weighted by atomic mass is 32.1. The Bertz CT molecular complexity index is 456. The molecule has 1 aromatic carbocycles. The van der Waals surface area contributed by atoms with Crippen LogP contribution in [0, 0.1) is 5.41 Å². The van der Waals surface area contributed by atoms with Crippen LogP contribution in [0.1, 0.15) is 50.3 Å². The van der Waals surface area contributed by atoms with Crippen LogP contribution in [0.2, 0.25) is 0 Å². The van der Waals surface area contributed by atoms with Crippen LogP contribution in [-0.4, -0.2) is 11.6 Å². The summed E-state index contributed by atoms with van der Waals surface area (Å²) >= 11 is 5.09. The Balaban J connectivity index is 1.93. The van der Waals surface area contributed by atoms with E-state index in [-0.39, 0.29) is 11.5 Å². The average molecular weight is 277 g/mol. The Morgan fingerprint density at radius 2 is 2.16 bits per heavy atom. The van der Waals surface area contributed by atoms with Crippen LogP contribution >= 0.6 is 12.2 Å². The summed E-state index contributed by atoms with van der Waals surface area (Å²) < 4.78 is 6.08. The van der Waals surface area contributed by atoms with Crippen LogP contribution < -0.4 is 5.73 Å². The molecule has 19 heavy (non-hydrogen) atoms. The molecule has 1 atom stereocenters. The fraction of sp³-hybridized carbons (Fsp3) is 0.562. The molecule has 0 amide bonds. The molecule has 0 aromatic heterocycles. The van der Waals surface area contributed by atoms with Gasteiger partial charge >= 0.3 is 0 Å². The molecule has 1 aromatic rings. The second-order valence-electron chi connectivity index (χ2n) is 5.95. The van der Waals surface area contributed by atoms with E-state index in [1.807, 2.05) is 0 Å². The number of aryl methyl sites for hydroxylation is 1. The van der Waals surface area contributed by atoms with Crippen molar-refractivity contribution in [3.05, 3.63) is 35.4 Å². The summed E-state index contributed by atoms with van der Waals surface area (Å²) in [5.41, 5.74) is 8.42. The van der Waals surface area contributed by atoms with E-state index < -0.39 is 0 Å². The summed E-state index contributed by atoms with van der Waals surface area (Å²) in [6, 6.07) is 8.61. The summed E-state index contributed by atoms with van der Waals surface area (Å²) in [4.78, 5) is 0.570. The molecule has 0 radical (unpaired) electrons. The number of thiocarbonyl (C=S) groups is 1. The van der Waals surface area contributed by atoms with Gasteiger partial charge in [-0.25, -0.2) is 0 Å². The second kappa shape index (κ2) is 6.02. The lowest BCUT2D eigenvalue weighted by atomic mass is 9.88. The molecule has 1 unspecified atom stereocenters. The van der Waals surface area contributed by atoms with Gasteiger partial charge in [-0.15, -0.1) is 0 Å². The maximum absolute atomic E-state index is 6.08. The van der Waals surface area contributed by atoms with Crippen molar-refractivity contribution >= 4 is 17.2 Å². The fourth-order valence-corrected chi connectivity index (χ4v) is 2.56. The number of hydrogen-bond acceptors (Lipinski definition) is 2. The van der Waals surface area contributed by atoms with Crippen LogP contribution in [0.15, 0.2) is 24.3 Å². The zero-order chi connectivity index (χ0) is 13.9. The predicted molar refractivity (Wildman–Crippen MR) is 83.3 cm³/mol. The average Bonchev–Trinajstić information content (AvgIpc) is 2.38. The number of rotatable bonds is 5. The van der Waals surface area contributed by atoms with Crippen molar-refractivity contribution in [2.75, 3.05) is 6.61 Å². The molecule has 2 rings (SSSR count). The number of fused-ring (bicyclic) bond motifs is 1. The maximum Gasteiger partial charge on any atom is 0.0827 e. The molecular weight excluding hydrogens is 254 g/mol. The fourth-order valence-electron chi connectivity index (χ4n) is 2.46. The molecule has 2 nitrogen and oxygen atoms in total. The molecule has 2 N–H and O–H groups in total. The smallest absolute Gasteiger partial charge is 0.0827 e. The molecule has 0 fully saturated rings. The van der Waals surface area contributed by atoms with Gasteiger partial charge in [0.2, 0.25) is 0 Å². The van der Waals surface area contributed by atoms with Crippen molar-refractivity contribution in [1.82, 2.24) is 0 Å². The highest BCUT2D eigenvalue weighted by molar-refractivity contribution is 7.80. The first kappa shape index (κ1) is 14.5. The van der Waals surface area contributed by atoms with Crippen molar-refractivity contribution in [3.63, 3.8) is 0 Å². The normalized spacial score (nSPS) is 18.9. The first-order chi connectivity index (χ1) is 9.00. The minimum Gasteiger partial charge on any atom is -0.393 e. The summed E-state index contributed by atoms with van der Waals surface area (Å²) in [6.45, 7) is 4.87. The number of ether oxygens (including phenoxy) is 1. The van der Waals surface area contributed by atoms with Crippen LogP contribution in [0.4, 0.5) is 0 Å². The zero-order valence-corrected chi connectivity index (χ0v) is 12.6. The van der Waals surface area contributed by atoms with E-state index >= 15 is 0 Å². The lowest BCUT2D eigenvalue weighted by molar-refractivity contribution is 0.0308. The van der Waals surface area contributed by atoms with Crippen LogP contribution in [0.25, 0.3) is 0 Å². The van der Waals surface area contributed by atoms with Crippen molar-refractivity contribution < 1.29 is 4.74 Å². The number of benzene rings is 1. The van der Waals surface area contributed by atoms with Gasteiger partial charge in [-0.05, 0) is 36.8 Å². The summed E-state index contributed by atoms with van der Waals surface area (Å²) in [5.74, 6) is 0. The van der Waals surface area contributed by atoms with E-state index in [4.69, 9.17) is 22.7 Å². The van der Waals surface area contributed by atoms with E-state index in [2.05, 4.69) is 38.1 Å². The topological polar surface area (TPSA) is 35.2 Å². The Hall–Kier alpha value is -0.930. The zero-order valence-electron chi connectivity index (χ0n) is 11.8. The Morgan fingerprint density at radius 1 is 1.42 bits per heavy atom. The first-order valence-corrected chi connectivity index (χ1v) is 7.41. The minimum absolute atomic E-state index is 0.122. The summed E-state index contributed by atoms with van der Waals surface area (Å²) in [5, 5.41) is 0. The van der Waals surface area contributed by atoms with Gasteiger partial charge in [0.1, 0.15) is 0 Å². The van der Waals surface area contributed by atoms with Crippen LogP contribution in [0.3, 0.4) is 0 Å². The van der Waals surface area contributed by atoms with Gasteiger partial charge < -0.3 is 10.5 Å². The molecule has 0 saturated carbocycles. The van der Waals surface area contributed by atoms with Crippen LogP contribution in [0.5, 0.6) is 0 Å². The van der Waals surface area contributed by atoms with E-state index in [0.717, 1.165) is 12.8 Å². The van der Waals surface area contributed by atoms with E-state index in [1.54, 1.807) is 0 Å². The van der Waals surface area contributed by atoms with Crippen molar-refractivity contribution in [1.29, 1.82) is 0 Å². The number of hydrogen-bond donors (Lipinski definition) is 1. The van der Waals surface area contributed by atoms with Gasteiger partial charge in [0.05, 0.1) is 11.1 Å². The van der Waals surface area contributed by atoms with E-state index in [1.165, 1.54) is 24.0 Å². The first-order valence-electron chi connectivity index (χ1n) is 7.00. The quantitative estimate of drug-likeness (QED) is 0.832. The maximum atomic E-state index is 6.08. The predicted octanol–water partition coefficient (Wildman–Crippen LogP) is 3.78. The van der Waals surface area contributed by atoms with Gasteiger partial charge in [-0.3, -0.25) is 0 Å². The molecule has 1 aliphatic carbocycles. The van der Waals surface area contributed by atoms with Gasteiger partial charge in [-0.1, -0.05) is 50.3 Å². The molecule has 0 heterocycles. The lowest BCUT2D eigenvalue weighted by Gasteiger charge is -2.28. The van der Waals surface area contributed by atoms with Gasteiger partial charge in [-0.2, -0.15) is 0 Å².